The van der Waals surface area contributed by atoms with E-state index in [-0.39, 0.29) is 20.9 Å². The topological polar surface area (TPSA) is 62.7 Å². The number of nitrogens with zero attached hydrogens (tertiary/aromatic N) is 2. The Labute approximate surface area is 118 Å². The number of pyridine rings is 1. The van der Waals surface area contributed by atoms with Gasteiger partial charge in [-0.3, -0.25) is 0 Å². The van der Waals surface area contributed by atoms with Crippen LogP contribution in [-0.4, -0.2) is 42.4 Å². The number of carboxylic acids is 1. The minimum atomic E-state index is -1.24. The van der Waals surface area contributed by atoms with E-state index in [0.29, 0.717) is 32.0 Å². The molecule has 0 saturated carbocycles. The van der Waals surface area contributed by atoms with Gasteiger partial charge in [-0.05, 0) is 0 Å². The fourth-order valence-electron chi connectivity index (χ4n) is 1.71. The molecule has 0 radical (unpaired) electrons. The third kappa shape index (κ3) is 2.49. The van der Waals surface area contributed by atoms with Crippen LogP contribution >= 0.6 is 34.8 Å². The van der Waals surface area contributed by atoms with Crippen LogP contribution in [-0.2, 0) is 4.74 Å². The van der Waals surface area contributed by atoms with Crippen LogP contribution in [0.3, 0.4) is 0 Å². The van der Waals surface area contributed by atoms with Crippen LogP contribution in [0.15, 0.2) is 0 Å². The zero-order valence-electron chi connectivity index (χ0n) is 9.12. The second kappa shape index (κ2) is 5.48. The maximum absolute atomic E-state index is 11.0. The van der Waals surface area contributed by atoms with Crippen molar-refractivity contribution in [2.75, 3.05) is 31.2 Å². The monoisotopic (exact) mass is 310 g/mol. The van der Waals surface area contributed by atoms with Crippen LogP contribution in [0.25, 0.3) is 0 Å². The molecule has 1 aromatic rings. The van der Waals surface area contributed by atoms with E-state index in [1.165, 1.54) is 0 Å². The summed E-state index contributed by atoms with van der Waals surface area (Å²) in [5.74, 6) is -1.24. The molecule has 0 spiro atoms. The summed E-state index contributed by atoms with van der Waals surface area (Å²) in [6.07, 6.45) is 0. The van der Waals surface area contributed by atoms with Crippen LogP contribution in [0.4, 0.5) is 5.69 Å². The lowest BCUT2D eigenvalue weighted by Crippen LogP contribution is -2.36. The average molecular weight is 312 g/mol. The maximum atomic E-state index is 11.0. The van der Waals surface area contributed by atoms with Crippen LogP contribution in [0.5, 0.6) is 0 Å². The molecule has 0 amide bonds. The van der Waals surface area contributed by atoms with Gasteiger partial charge in [0.1, 0.15) is 5.02 Å². The van der Waals surface area contributed by atoms with Crippen molar-refractivity contribution in [1.29, 1.82) is 0 Å². The fourth-order valence-corrected chi connectivity index (χ4v) is 2.52. The number of carboxylic acid groups (broad SMARTS) is 1. The number of halogens is 3. The zero-order valence-corrected chi connectivity index (χ0v) is 11.4. The van der Waals surface area contributed by atoms with Crippen molar-refractivity contribution in [3.8, 4) is 0 Å². The molecule has 0 aliphatic carbocycles. The van der Waals surface area contributed by atoms with Gasteiger partial charge in [0.25, 0.3) is 0 Å². The zero-order chi connectivity index (χ0) is 13.3. The number of hydrogen-bond donors (Lipinski definition) is 1. The second-order valence-corrected chi connectivity index (χ2v) is 4.75. The average Bonchev–Trinajstić information content (AvgIpc) is 2.35. The van der Waals surface area contributed by atoms with Gasteiger partial charge in [-0.2, -0.15) is 0 Å². The van der Waals surface area contributed by atoms with Crippen LogP contribution < -0.4 is 4.90 Å². The summed E-state index contributed by atoms with van der Waals surface area (Å²) in [6.45, 7) is 2.18. The quantitative estimate of drug-likeness (QED) is 0.851. The van der Waals surface area contributed by atoms with E-state index in [1.807, 2.05) is 4.90 Å². The van der Waals surface area contributed by atoms with Gasteiger partial charge >= 0.3 is 5.97 Å². The van der Waals surface area contributed by atoms with Gasteiger partial charge in [-0.1, -0.05) is 34.8 Å². The normalized spacial score (nSPS) is 15.8. The van der Waals surface area contributed by atoms with Gasteiger partial charge in [0.2, 0.25) is 0 Å². The summed E-state index contributed by atoms with van der Waals surface area (Å²) in [5, 5.41) is 9.10. The minimum absolute atomic E-state index is 0.00111. The van der Waals surface area contributed by atoms with Gasteiger partial charge in [0.15, 0.2) is 10.8 Å². The highest BCUT2D eigenvalue weighted by Crippen LogP contribution is 2.39. The van der Waals surface area contributed by atoms with Crippen LogP contribution in [0.1, 0.15) is 10.5 Å². The molecule has 18 heavy (non-hydrogen) atoms. The standard InChI is InChI=1S/C10H9Cl3N2O3/c11-5-7(10(16)17)14-9(13)6(12)8(5)15-1-3-18-4-2-15/h1-4H2,(H,16,17). The highest BCUT2D eigenvalue weighted by Gasteiger charge is 2.25. The molecule has 1 N–H and O–H groups in total. The Balaban J connectivity index is 2.53. The van der Waals surface area contributed by atoms with Crippen molar-refractivity contribution < 1.29 is 14.6 Å². The molecule has 1 aliphatic rings. The fraction of sp³-hybridized carbons (Fsp3) is 0.400. The Hall–Kier alpha value is -0.750. The lowest BCUT2D eigenvalue weighted by atomic mass is 10.2. The lowest BCUT2D eigenvalue weighted by molar-refractivity contribution is 0.0690. The van der Waals surface area contributed by atoms with E-state index in [2.05, 4.69) is 4.98 Å². The molecule has 0 aromatic carbocycles. The molecule has 2 rings (SSSR count). The summed E-state index contributed by atoms with van der Waals surface area (Å²) in [4.78, 5) is 16.5. The smallest absolute Gasteiger partial charge is 0.356 e. The maximum Gasteiger partial charge on any atom is 0.356 e. The first-order valence-corrected chi connectivity index (χ1v) is 6.26. The molecule has 1 fully saturated rings. The van der Waals surface area contributed by atoms with Crippen molar-refractivity contribution in [2.24, 2.45) is 0 Å². The number of ether oxygens (including phenoxy) is 1. The molecule has 2 heterocycles. The number of aromatic nitrogens is 1. The minimum Gasteiger partial charge on any atom is -0.476 e. The lowest BCUT2D eigenvalue weighted by Gasteiger charge is -2.30. The van der Waals surface area contributed by atoms with Crippen molar-refractivity contribution >= 4 is 46.5 Å². The van der Waals surface area contributed by atoms with E-state index in [4.69, 9.17) is 44.6 Å². The van der Waals surface area contributed by atoms with E-state index in [0.717, 1.165) is 0 Å². The SMILES string of the molecule is O=C(O)c1nc(Cl)c(Cl)c(N2CCOCC2)c1Cl. The molecule has 1 aliphatic heterocycles. The van der Waals surface area contributed by atoms with E-state index in [9.17, 15) is 4.79 Å². The predicted octanol–water partition coefficient (Wildman–Crippen LogP) is 2.58. The Morgan fingerprint density at radius 3 is 2.39 bits per heavy atom. The number of rotatable bonds is 2. The van der Waals surface area contributed by atoms with Crippen molar-refractivity contribution in [1.82, 2.24) is 4.98 Å². The molecule has 98 valence electrons. The number of morpholine rings is 1. The van der Waals surface area contributed by atoms with E-state index in [1.54, 1.807) is 0 Å². The van der Waals surface area contributed by atoms with Crippen molar-refractivity contribution in [3.63, 3.8) is 0 Å². The van der Waals surface area contributed by atoms with Gasteiger partial charge in [0.05, 0.1) is 23.9 Å². The number of carbonyl (C=O) groups is 1. The molecule has 0 bridgehead atoms. The predicted molar refractivity (Wildman–Crippen MR) is 69.3 cm³/mol. The summed E-state index contributed by atoms with van der Waals surface area (Å²) in [6, 6.07) is 0. The van der Waals surface area contributed by atoms with Crippen LogP contribution in [0.2, 0.25) is 15.2 Å². The van der Waals surface area contributed by atoms with Crippen LogP contribution in [0, 0.1) is 0 Å². The highest BCUT2D eigenvalue weighted by atomic mass is 35.5. The molecular weight excluding hydrogens is 302 g/mol. The highest BCUT2D eigenvalue weighted by molar-refractivity contribution is 6.46. The third-order valence-electron chi connectivity index (χ3n) is 2.54. The second-order valence-electron chi connectivity index (χ2n) is 3.63. The molecule has 5 nitrogen and oxygen atoms in total. The molecule has 1 aromatic heterocycles. The summed E-state index contributed by atoms with van der Waals surface area (Å²) in [5.41, 5.74) is 0.103. The molecule has 1 saturated heterocycles. The van der Waals surface area contributed by atoms with Gasteiger partial charge in [0, 0.05) is 13.1 Å². The number of aromatic carboxylic acids is 1. The van der Waals surface area contributed by atoms with Crippen molar-refractivity contribution in [3.05, 3.63) is 20.9 Å². The number of anilines is 1. The Morgan fingerprint density at radius 2 is 1.83 bits per heavy atom. The summed E-state index contributed by atoms with van der Waals surface area (Å²) >= 11 is 17.9. The van der Waals surface area contributed by atoms with Gasteiger partial charge in [-0.25, -0.2) is 9.78 Å². The summed E-state index contributed by atoms with van der Waals surface area (Å²) in [7, 11) is 0. The third-order valence-corrected chi connectivity index (χ3v) is 3.63. The van der Waals surface area contributed by atoms with E-state index < -0.39 is 5.97 Å². The molecule has 8 heteroatoms. The van der Waals surface area contributed by atoms with Crippen molar-refractivity contribution in [2.45, 2.75) is 0 Å². The first kappa shape index (κ1) is 13.7. The molecule has 0 atom stereocenters. The van der Waals surface area contributed by atoms with Gasteiger partial charge < -0.3 is 14.7 Å². The number of hydrogen-bond acceptors (Lipinski definition) is 4. The summed E-state index contributed by atoms with van der Waals surface area (Å²) < 4.78 is 5.22. The Morgan fingerprint density at radius 1 is 1.22 bits per heavy atom. The molecular formula is C10H9Cl3N2O3. The Kier molecular flexibility index (Phi) is 4.17. The Bertz CT molecular complexity index is 490. The largest absolute Gasteiger partial charge is 0.476 e. The first-order chi connectivity index (χ1) is 8.52. The van der Waals surface area contributed by atoms with E-state index >= 15 is 0 Å². The molecule has 0 unspecified atom stereocenters. The van der Waals surface area contributed by atoms with Gasteiger partial charge in [-0.15, -0.1) is 0 Å². The first-order valence-electron chi connectivity index (χ1n) is 5.13.